The van der Waals surface area contributed by atoms with Gasteiger partial charge in [-0.25, -0.2) is 14.1 Å². The third-order valence-electron chi connectivity index (χ3n) is 6.41. The highest BCUT2D eigenvalue weighted by atomic mass is 19.1. The molecule has 0 radical (unpaired) electrons. The Morgan fingerprint density at radius 3 is 2.47 bits per heavy atom. The normalized spacial score (nSPS) is 19.7. The van der Waals surface area contributed by atoms with Gasteiger partial charge in [0.05, 0.1) is 6.20 Å². The van der Waals surface area contributed by atoms with Gasteiger partial charge in [-0.05, 0) is 93.5 Å². The van der Waals surface area contributed by atoms with Crippen molar-refractivity contribution in [3.8, 4) is 11.4 Å². The van der Waals surface area contributed by atoms with E-state index in [0.29, 0.717) is 17.7 Å². The second-order valence-corrected chi connectivity index (χ2v) is 10.9. The van der Waals surface area contributed by atoms with E-state index in [1.807, 2.05) is 13.1 Å². The van der Waals surface area contributed by atoms with Crippen LogP contribution < -0.4 is 16.0 Å². The van der Waals surface area contributed by atoms with E-state index in [9.17, 15) is 4.39 Å². The number of hydrogen-bond donors (Lipinski definition) is 3. The van der Waals surface area contributed by atoms with Crippen molar-refractivity contribution in [3.63, 3.8) is 0 Å². The van der Waals surface area contributed by atoms with Gasteiger partial charge in [-0.3, -0.25) is 0 Å². The van der Waals surface area contributed by atoms with Crippen molar-refractivity contribution in [3.05, 3.63) is 35.8 Å². The average molecular weight is 466 g/mol. The van der Waals surface area contributed by atoms with Crippen LogP contribution in [0.1, 0.15) is 64.9 Å². The maximum atomic E-state index is 14.7. The van der Waals surface area contributed by atoms with E-state index in [1.54, 1.807) is 4.68 Å². The second kappa shape index (κ2) is 8.26. The van der Waals surface area contributed by atoms with E-state index in [2.05, 4.69) is 81.3 Å². The molecule has 5 rings (SSSR count). The van der Waals surface area contributed by atoms with Crippen LogP contribution in [0.5, 0.6) is 0 Å². The SMILES string of the molecule is Cn1nnnc1-c1cc(Nc2ncc(F)c(NC3CC(C)(C)NC(C)(C)C3)n2)cc(C2CC2)c1. The summed E-state index contributed by atoms with van der Waals surface area (Å²) in [6.45, 7) is 8.68. The van der Waals surface area contributed by atoms with Crippen molar-refractivity contribution in [1.82, 2.24) is 35.5 Å². The molecule has 0 unspecified atom stereocenters. The molecule has 180 valence electrons. The molecule has 1 aromatic carbocycles. The van der Waals surface area contributed by atoms with Gasteiger partial charge in [0.1, 0.15) is 0 Å². The number of nitrogens with zero attached hydrogens (tertiary/aromatic N) is 6. The number of rotatable bonds is 6. The summed E-state index contributed by atoms with van der Waals surface area (Å²) in [5, 5.41) is 22.1. The Bertz CT molecular complexity index is 1180. The molecule has 9 nitrogen and oxygen atoms in total. The first kappa shape index (κ1) is 22.6. The molecule has 34 heavy (non-hydrogen) atoms. The number of nitrogens with one attached hydrogen (secondary N) is 3. The first-order chi connectivity index (χ1) is 16.1. The third-order valence-corrected chi connectivity index (χ3v) is 6.41. The standard InChI is InChI=1S/C24H32FN9/c1-23(2)11-18(12-24(3,4)31-23)27-20-19(25)13-26-22(29-20)28-17-9-15(14-6-7-14)8-16(10-17)21-30-32-33-34(21)5/h8-10,13-14,18,31H,6-7,11-12H2,1-5H3,(H2,26,27,28,29). The van der Waals surface area contributed by atoms with Crippen LogP contribution in [0.15, 0.2) is 24.4 Å². The van der Waals surface area contributed by atoms with Gasteiger partial charge in [0.2, 0.25) is 5.95 Å². The fraction of sp³-hybridized carbons (Fsp3) is 0.542. The number of anilines is 3. The molecule has 1 aliphatic carbocycles. The molecule has 0 atom stereocenters. The maximum absolute atomic E-state index is 14.7. The van der Waals surface area contributed by atoms with Gasteiger partial charge < -0.3 is 16.0 Å². The van der Waals surface area contributed by atoms with E-state index < -0.39 is 5.82 Å². The third kappa shape index (κ3) is 5.01. The molecular weight excluding hydrogens is 433 g/mol. The van der Waals surface area contributed by atoms with E-state index in [0.717, 1.165) is 24.1 Å². The van der Waals surface area contributed by atoms with Crippen LogP contribution in [0.3, 0.4) is 0 Å². The van der Waals surface area contributed by atoms with Gasteiger partial charge in [-0.1, -0.05) is 0 Å². The molecule has 0 amide bonds. The average Bonchev–Trinajstić information content (AvgIpc) is 3.49. The zero-order chi connectivity index (χ0) is 24.1. The summed E-state index contributed by atoms with van der Waals surface area (Å²) in [6, 6.07) is 6.29. The summed E-state index contributed by atoms with van der Waals surface area (Å²) in [5.41, 5.74) is 2.85. The fourth-order valence-electron chi connectivity index (χ4n) is 5.25. The molecule has 1 saturated carbocycles. The number of benzene rings is 1. The predicted octanol–water partition coefficient (Wildman–Crippen LogP) is 4.15. The van der Waals surface area contributed by atoms with Gasteiger partial charge in [0.25, 0.3) is 0 Å². The zero-order valence-corrected chi connectivity index (χ0v) is 20.4. The van der Waals surface area contributed by atoms with Gasteiger partial charge in [-0.2, -0.15) is 4.98 Å². The number of aromatic nitrogens is 6. The number of piperidine rings is 1. The van der Waals surface area contributed by atoms with Gasteiger partial charge in [0.15, 0.2) is 17.5 Å². The summed E-state index contributed by atoms with van der Waals surface area (Å²) in [4.78, 5) is 8.67. The Morgan fingerprint density at radius 2 is 1.82 bits per heavy atom. The van der Waals surface area contributed by atoms with Gasteiger partial charge in [-0.15, -0.1) is 5.10 Å². The Morgan fingerprint density at radius 1 is 1.09 bits per heavy atom. The van der Waals surface area contributed by atoms with Crippen LogP contribution in [0.2, 0.25) is 0 Å². The van der Waals surface area contributed by atoms with E-state index in [1.165, 1.54) is 24.6 Å². The Labute approximate surface area is 199 Å². The zero-order valence-electron chi connectivity index (χ0n) is 20.4. The minimum atomic E-state index is -0.461. The van der Waals surface area contributed by atoms with Crippen molar-refractivity contribution in [2.45, 2.75) is 76.4 Å². The molecule has 2 aromatic heterocycles. The number of aryl methyl sites for hydroxylation is 1. The number of hydrogen-bond acceptors (Lipinski definition) is 8. The Balaban J connectivity index is 1.40. The summed E-state index contributed by atoms with van der Waals surface area (Å²) >= 11 is 0. The van der Waals surface area contributed by atoms with Crippen molar-refractivity contribution < 1.29 is 4.39 Å². The van der Waals surface area contributed by atoms with Crippen LogP contribution in [0, 0.1) is 5.82 Å². The molecule has 3 N–H and O–H groups in total. The highest BCUT2D eigenvalue weighted by molar-refractivity contribution is 5.67. The Kier molecular flexibility index (Phi) is 5.50. The van der Waals surface area contributed by atoms with Crippen molar-refractivity contribution in [1.29, 1.82) is 0 Å². The monoisotopic (exact) mass is 465 g/mol. The quantitative estimate of drug-likeness (QED) is 0.499. The van der Waals surface area contributed by atoms with E-state index in [4.69, 9.17) is 0 Å². The summed E-state index contributed by atoms with van der Waals surface area (Å²) in [7, 11) is 1.82. The Hall–Kier alpha value is -3.14. The fourth-order valence-corrected chi connectivity index (χ4v) is 5.25. The van der Waals surface area contributed by atoms with E-state index in [-0.39, 0.29) is 22.9 Å². The van der Waals surface area contributed by atoms with Crippen LogP contribution in [0.4, 0.5) is 21.8 Å². The lowest BCUT2D eigenvalue weighted by atomic mass is 9.79. The molecule has 3 heterocycles. The van der Waals surface area contributed by atoms with Crippen LogP contribution in [-0.2, 0) is 7.05 Å². The molecule has 0 spiro atoms. The lowest BCUT2D eigenvalue weighted by Crippen LogP contribution is -2.60. The highest BCUT2D eigenvalue weighted by Crippen LogP contribution is 2.42. The number of tetrazole rings is 1. The summed E-state index contributed by atoms with van der Waals surface area (Å²) in [6.07, 6.45) is 5.28. The summed E-state index contributed by atoms with van der Waals surface area (Å²) < 4.78 is 16.3. The second-order valence-electron chi connectivity index (χ2n) is 10.9. The van der Waals surface area contributed by atoms with Crippen molar-refractivity contribution >= 4 is 17.5 Å². The largest absolute Gasteiger partial charge is 0.365 e. The maximum Gasteiger partial charge on any atom is 0.229 e. The van der Waals surface area contributed by atoms with Gasteiger partial charge >= 0.3 is 0 Å². The van der Waals surface area contributed by atoms with E-state index >= 15 is 0 Å². The molecule has 1 saturated heterocycles. The van der Waals surface area contributed by atoms with Crippen LogP contribution in [0.25, 0.3) is 11.4 Å². The highest BCUT2D eigenvalue weighted by Gasteiger charge is 2.38. The number of halogens is 1. The lowest BCUT2D eigenvalue weighted by Gasteiger charge is -2.46. The van der Waals surface area contributed by atoms with Crippen molar-refractivity contribution in [2.24, 2.45) is 7.05 Å². The first-order valence-corrected chi connectivity index (χ1v) is 11.8. The topological polar surface area (TPSA) is 105 Å². The molecule has 2 fully saturated rings. The molecular formula is C24H32FN9. The minimum Gasteiger partial charge on any atom is -0.365 e. The molecule has 2 aliphatic rings. The van der Waals surface area contributed by atoms with Crippen molar-refractivity contribution in [2.75, 3.05) is 10.6 Å². The molecule has 10 heteroatoms. The molecule has 3 aromatic rings. The minimum absolute atomic E-state index is 0.0572. The smallest absolute Gasteiger partial charge is 0.229 e. The van der Waals surface area contributed by atoms with Gasteiger partial charge in [0, 0.05) is 35.4 Å². The van der Waals surface area contributed by atoms with Crippen LogP contribution in [-0.4, -0.2) is 47.3 Å². The van der Waals surface area contributed by atoms with Crippen LogP contribution >= 0.6 is 0 Å². The first-order valence-electron chi connectivity index (χ1n) is 11.8. The molecule has 1 aliphatic heterocycles. The molecule has 0 bridgehead atoms. The lowest BCUT2D eigenvalue weighted by molar-refractivity contribution is 0.170. The predicted molar refractivity (Wildman–Crippen MR) is 129 cm³/mol. The summed E-state index contributed by atoms with van der Waals surface area (Å²) in [5.74, 6) is 1.32.